The Hall–Kier alpha value is -4.57. The second kappa shape index (κ2) is 15.3. The molecule has 0 radical (unpaired) electrons. The van der Waals surface area contributed by atoms with Gasteiger partial charge in [-0.1, -0.05) is 23.9 Å². The summed E-state index contributed by atoms with van der Waals surface area (Å²) in [4.78, 5) is 37.8. The fourth-order valence-corrected chi connectivity index (χ4v) is 6.92. The van der Waals surface area contributed by atoms with E-state index in [0.717, 1.165) is 11.3 Å². The third-order valence-corrected chi connectivity index (χ3v) is 9.95. The molecule has 1 fully saturated rings. The first-order chi connectivity index (χ1) is 22.7. The summed E-state index contributed by atoms with van der Waals surface area (Å²) in [5.74, 6) is -0.673. The quantitative estimate of drug-likeness (QED) is 0.168. The zero-order valence-electron chi connectivity index (χ0n) is 25.8. The summed E-state index contributed by atoms with van der Waals surface area (Å²) in [5.41, 5.74) is 2.96. The van der Waals surface area contributed by atoms with Gasteiger partial charge in [-0.05, 0) is 80.1 Å². The van der Waals surface area contributed by atoms with Crippen LogP contribution in [-0.4, -0.2) is 83.9 Å². The number of nitrogens with one attached hydrogen (secondary N) is 2. The number of carbonyl (C=O) groups excluding carboxylic acids is 3. The first-order valence-electron chi connectivity index (χ1n) is 14.8. The minimum atomic E-state index is -3.68. The predicted octanol–water partition coefficient (Wildman–Crippen LogP) is 3.43. The number of anilines is 1. The lowest BCUT2D eigenvalue weighted by molar-refractivity contribution is -0.113. The summed E-state index contributed by atoms with van der Waals surface area (Å²) in [5, 5.41) is 14.7. The Morgan fingerprint density at radius 1 is 0.957 bits per heavy atom. The zero-order valence-corrected chi connectivity index (χ0v) is 27.5. The number of morpholine rings is 1. The largest absolute Gasteiger partial charge is 0.462 e. The molecule has 4 aromatic rings. The zero-order chi connectivity index (χ0) is 33.4. The summed E-state index contributed by atoms with van der Waals surface area (Å²) < 4.78 is 39.2. The van der Waals surface area contributed by atoms with E-state index in [0.29, 0.717) is 35.4 Å². The average molecular weight is 679 g/mol. The van der Waals surface area contributed by atoms with Gasteiger partial charge in [-0.25, -0.2) is 13.2 Å². The molecule has 2 amide bonds. The molecule has 0 unspecified atom stereocenters. The monoisotopic (exact) mass is 678 g/mol. The minimum absolute atomic E-state index is 0.0210. The van der Waals surface area contributed by atoms with Crippen LogP contribution in [0.4, 0.5) is 5.69 Å². The number of rotatable bonds is 12. The molecule has 5 rings (SSSR count). The van der Waals surface area contributed by atoms with Crippen LogP contribution in [0.5, 0.6) is 0 Å². The van der Waals surface area contributed by atoms with Gasteiger partial charge in [0.2, 0.25) is 15.9 Å². The Bertz CT molecular complexity index is 1840. The first-order valence-corrected chi connectivity index (χ1v) is 17.3. The van der Waals surface area contributed by atoms with Gasteiger partial charge in [0.15, 0.2) is 11.0 Å². The van der Waals surface area contributed by atoms with E-state index in [-0.39, 0.29) is 48.4 Å². The van der Waals surface area contributed by atoms with E-state index < -0.39 is 21.9 Å². The molecule has 0 atom stereocenters. The van der Waals surface area contributed by atoms with E-state index in [1.54, 1.807) is 35.8 Å². The van der Waals surface area contributed by atoms with Crippen LogP contribution in [-0.2, 0) is 30.8 Å². The van der Waals surface area contributed by atoms with Crippen LogP contribution in [0.1, 0.15) is 39.0 Å². The molecule has 1 saturated heterocycles. The third kappa shape index (κ3) is 8.43. The normalized spacial score (nSPS) is 13.6. The van der Waals surface area contributed by atoms with Gasteiger partial charge >= 0.3 is 5.97 Å². The van der Waals surface area contributed by atoms with Crippen LogP contribution in [0.3, 0.4) is 0 Å². The predicted molar refractivity (Wildman–Crippen MR) is 175 cm³/mol. The Morgan fingerprint density at radius 3 is 2.34 bits per heavy atom. The van der Waals surface area contributed by atoms with Gasteiger partial charge < -0.3 is 20.1 Å². The number of amides is 2. The maximum atomic E-state index is 13.0. The molecule has 0 aliphatic carbocycles. The van der Waals surface area contributed by atoms with Crippen molar-refractivity contribution in [1.29, 1.82) is 0 Å². The molecule has 13 nitrogen and oxygen atoms in total. The van der Waals surface area contributed by atoms with E-state index in [1.807, 2.05) is 31.2 Å². The lowest BCUT2D eigenvalue weighted by atomic mass is 10.2. The van der Waals surface area contributed by atoms with E-state index in [4.69, 9.17) is 9.47 Å². The van der Waals surface area contributed by atoms with Gasteiger partial charge in [0, 0.05) is 30.0 Å². The Morgan fingerprint density at radius 2 is 1.66 bits per heavy atom. The SMILES string of the molecule is CCOC(=O)c1ccc(NC(=O)CSc2nnc(CNC(=O)c3ccc(S(=O)(=O)N4CCOCC4)cc3)n2-c2cccc(C)c2)cc1. The Balaban J connectivity index is 1.25. The lowest BCUT2D eigenvalue weighted by Crippen LogP contribution is -2.40. The number of nitrogens with zero attached hydrogens (tertiary/aromatic N) is 4. The van der Waals surface area contributed by atoms with Gasteiger partial charge in [-0.15, -0.1) is 10.2 Å². The molecule has 246 valence electrons. The molecule has 1 aliphatic heterocycles. The molecule has 15 heteroatoms. The van der Waals surface area contributed by atoms with Gasteiger partial charge in [0.05, 0.1) is 42.6 Å². The highest BCUT2D eigenvalue weighted by Crippen LogP contribution is 2.24. The number of aromatic nitrogens is 3. The standard InChI is InChI=1S/C32H34N6O7S2/c1-3-45-31(41)24-7-11-25(12-8-24)34-29(39)21-46-32-36-35-28(38(32)26-6-4-5-22(2)19-26)20-33-30(40)23-9-13-27(14-10-23)47(42,43)37-15-17-44-18-16-37/h4-14,19H,3,15-18,20-21H2,1-2H3,(H,33,40)(H,34,39). The Kier molecular flexibility index (Phi) is 11.0. The second-order valence-corrected chi connectivity index (χ2v) is 13.3. The maximum absolute atomic E-state index is 13.0. The van der Waals surface area contributed by atoms with Crippen LogP contribution in [0, 0.1) is 6.92 Å². The Labute approximate surface area is 276 Å². The molecule has 0 spiro atoms. The number of hydrogen-bond donors (Lipinski definition) is 2. The molecule has 0 saturated carbocycles. The van der Waals surface area contributed by atoms with E-state index in [9.17, 15) is 22.8 Å². The lowest BCUT2D eigenvalue weighted by Gasteiger charge is -2.26. The smallest absolute Gasteiger partial charge is 0.338 e. The van der Waals surface area contributed by atoms with Crippen molar-refractivity contribution in [1.82, 2.24) is 24.4 Å². The highest BCUT2D eigenvalue weighted by Gasteiger charge is 2.26. The molecule has 2 N–H and O–H groups in total. The topological polar surface area (TPSA) is 162 Å². The number of esters is 1. The van der Waals surface area contributed by atoms with Crippen molar-refractivity contribution in [3.8, 4) is 5.69 Å². The highest BCUT2D eigenvalue weighted by atomic mass is 32.2. The van der Waals surface area contributed by atoms with Gasteiger partial charge in [0.25, 0.3) is 5.91 Å². The molecular formula is C32H34N6O7S2. The number of aryl methyl sites for hydroxylation is 1. The second-order valence-electron chi connectivity index (χ2n) is 10.4. The van der Waals surface area contributed by atoms with Gasteiger partial charge in [-0.3, -0.25) is 14.2 Å². The molecule has 1 aromatic heterocycles. The van der Waals surface area contributed by atoms with Crippen molar-refractivity contribution in [3.05, 3.63) is 95.3 Å². The average Bonchev–Trinajstić information content (AvgIpc) is 3.50. The number of thioether (sulfide) groups is 1. The van der Waals surface area contributed by atoms with Crippen LogP contribution < -0.4 is 10.6 Å². The number of benzene rings is 3. The highest BCUT2D eigenvalue weighted by molar-refractivity contribution is 7.99. The van der Waals surface area contributed by atoms with Crippen molar-refractivity contribution >= 4 is 45.3 Å². The molecular weight excluding hydrogens is 645 g/mol. The van der Waals surface area contributed by atoms with Crippen LogP contribution in [0.2, 0.25) is 0 Å². The van der Waals surface area contributed by atoms with Crippen molar-refractivity contribution in [2.45, 2.75) is 30.4 Å². The molecule has 1 aliphatic rings. The van der Waals surface area contributed by atoms with Crippen molar-refractivity contribution in [2.75, 3.05) is 44.0 Å². The molecule has 2 heterocycles. The fraction of sp³-hybridized carbons (Fsp3) is 0.281. The fourth-order valence-electron chi connectivity index (χ4n) is 4.74. The van der Waals surface area contributed by atoms with Crippen molar-refractivity contribution in [3.63, 3.8) is 0 Å². The van der Waals surface area contributed by atoms with E-state index >= 15 is 0 Å². The molecule has 0 bridgehead atoms. The molecule has 47 heavy (non-hydrogen) atoms. The summed E-state index contributed by atoms with van der Waals surface area (Å²) in [6, 6.07) is 19.9. The number of hydrogen-bond acceptors (Lipinski definition) is 10. The summed E-state index contributed by atoms with van der Waals surface area (Å²) in [7, 11) is -3.68. The van der Waals surface area contributed by atoms with Crippen molar-refractivity contribution < 1.29 is 32.3 Å². The third-order valence-electron chi connectivity index (χ3n) is 7.10. The van der Waals surface area contributed by atoms with Gasteiger partial charge in [0.1, 0.15) is 0 Å². The minimum Gasteiger partial charge on any atom is -0.462 e. The van der Waals surface area contributed by atoms with Crippen LogP contribution in [0.15, 0.2) is 82.8 Å². The maximum Gasteiger partial charge on any atom is 0.338 e. The van der Waals surface area contributed by atoms with Crippen molar-refractivity contribution in [2.24, 2.45) is 0 Å². The summed E-state index contributed by atoms with van der Waals surface area (Å²) >= 11 is 1.18. The summed E-state index contributed by atoms with van der Waals surface area (Å²) in [6.45, 7) is 5.22. The number of carbonyl (C=O) groups is 3. The van der Waals surface area contributed by atoms with E-state index in [1.165, 1.54) is 40.3 Å². The first kappa shape index (κ1) is 33.8. The summed E-state index contributed by atoms with van der Waals surface area (Å²) in [6.07, 6.45) is 0. The molecule has 3 aromatic carbocycles. The van der Waals surface area contributed by atoms with Crippen LogP contribution in [0.25, 0.3) is 5.69 Å². The number of ether oxygens (including phenoxy) is 2. The van der Waals surface area contributed by atoms with E-state index in [2.05, 4.69) is 20.8 Å². The number of sulfonamides is 1. The van der Waals surface area contributed by atoms with Gasteiger partial charge in [-0.2, -0.15) is 4.31 Å². The van der Waals surface area contributed by atoms with Crippen LogP contribution >= 0.6 is 11.8 Å².